The van der Waals surface area contributed by atoms with E-state index in [1.54, 1.807) is 42.5 Å². The molecular formula is C23H19BrClN3O5S. The number of nitrogens with zero attached hydrogens (tertiary/aromatic N) is 1. The normalized spacial score (nSPS) is 17.4. The number of esters is 1. The van der Waals surface area contributed by atoms with Crippen molar-refractivity contribution in [3.05, 3.63) is 68.1 Å². The molecule has 3 rings (SSSR count). The number of anilines is 1. The van der Waals surface area contributed by atoms with Gasteiger partial charge in [0.05, 0.1) is 41.1 Å². The molecule has 1 aliphatic rings. The van der Waals surface area contributed by atoms with Gasteiger partial charge >= 0.3 is 5.97 Å². The molecule has 2 N–H and O–H groups in total. The van der Waals surface area contributed by atoms with Crippen LogP contribution in [0.4, 0.5) is 5.69 Å². The fourth-order valence-electron chi connectivity index (χ4n) is 3.42. The number of carbonyl (C=O) groups is 3. The van der Waals surface area contributed by atoms with Crippen LogP contribution in [0.2, 0.25) is 5.02 Å². The zero-order chi connectivity index (χ0) is 24.8. The molecular weight excluding hydrogens is 546 g/mol. The van der Waals surface area contributed by atoms with E-state index in [0.29, 0.717) is 26.5 Å². The van der Waals surface area contributed by atoms with Crippen molar-refractivity contribution < 1.29 is 23.9 Å². The third kappa shape index (κ3) is 5.73. The van der Waals surface area contributed by atoms with Gasteiger partial charge in [-0.25, -0.2) is 0 Å². The van der Waals surface area contributed by atoms with Crippen molar-refractivity contribution in [3.63, 3.8) is 0 Å². The summed E-state index contributed by atoms with van der Waals surface area (Å²) in [5.41, 5.74) is 1.25. The van der Waals surface area contributed by atoms with Crippen molar-refractivity contribution in [1.82, 2.24) is 5.32 Å². The highest BCUT2D eigenvalue weighted by Gasteiger charge is 2.44. The van der Waals surface area contributed by atoms with Gasteiger partial charge in [-0.15, -0.1) is 0 Å². The number of nitrogens with one attached hydrogen (secondary N) is 2. The van der Waals surface area contributed by atoms with E-state index in [0.717, 1.165) is 11.8 Å². The van der Waals surface area contributed by atoms with Gasteiger partial charge in [0.1, 0.15) is 11.7 Å². The molecule has 0 saturated carbocycles. The molecule has 1 aliphatic heterocycles. The third-order valence-corrected chi connectivity index (χ3v) is 6.88. The number of halogens is 2. The van der Waals surface area contributed by atoms with Gasteiger partial charge in [-0.05, 0) is 57.9 Å². The summed E-state index contributed by atoms with van der Waals surface area (Å²) in [6, 6.07) is 13.7. The Morgan fingerprint density at radius 3 is 2.53 bits per heavy atom. The van der Waals surface area contributed by atoms with Crippen molar-refractivity contribution in [2.45, 2.75) is 5.92 Å². The highest BCUT2D eigenvalue weighted by Crippen LogP contribution is 2.42. The molecule has 0 unspecified atom stereocenters. The number of nitriles is 1. The number of methoxy groups -OCH3 is 2. The maximum absolute atomic E-state index is 12.9. The first-order chi connectivity index (χ1) is 16.3. The van der Waals surface area contributed by atoms with Crippen molar-refractivity contribution in [2.24, 2.45) is 5.92 Å². The Balaban J connectivity index is 1.92. The van der Waals surface area contributed by atoms with Crippen LogP contribution >= 0.6 is 39.3 Å². The van der Waals surface area contributed by atoms with Crippen LogP contribution in [0.5, 0.6) is 5.75 Å². The number of benzene rings is 2. The summed E-state index contributed by atoms with van der Waals surface area (Å²) >= 11 is 10.2. The molecule has 2 aromatic rings. The molecule has 2 atom stereocenters. The van der Waals surface area contributed by atoms with Gasteiger partial charge in [-0.2, -0.15) is 5.26 Å². The topological polar surface area (TPSA) is 118 Å². The van der Waals surface area contributed by atoms with Crippen LogP contribution in [0.3, 0.4) is 0 Å². The van der Waals surface area contributed by atoms with Gasteiger partial charge in [0.15, 0.2) is 0 Å². The van der Waals surface area contributed by atoms with E-state index in [4.69, 9.17) is 21.1 Å². The summed E-state index contributed by atoms with van der Waals surface area (Å²) in [6.07, 6.45) is 0. The van der Waals surface area contributed by atoms with Crippen molar-refractivity contribution in [2.75, 3.05) is 25.3 Å². The Bertz CT molecular complexity index is 1200. The fourth-order valence-corrected chi connectivity index (χ4v) is 4.96. The van der Waals surface area contributed by atoms with E-state index in [9.17, 15) is 19.6 Å². The van der Waals surface area contributed by atoms with E-state index < -0.39 is 23.7 Å². The van der Waals surface area contributed by atoms with Crippen LogP contribution in [0.15, 0.2) is 57.5 Å². The Morgan fingerprint density at radius 1 is 1.24 bits per heavy atom. The first-order valence-electron chi connectivity index (χ1n) is 9.83. The summed E-state index contributed by atoms with van der Waals surface area (Å²) in [6.45, 7) is 0. The second kappa shape index (κ2) is 11.4. The molecule has 2 aromatic carbocycles. The van der Waals surface area contributed by atoms with E-state index in [2.05, 4.69) is 32.6 Å². The maximum Gasteiger partial charge on any atom is 0.319 e. The number of hydrogen-bond donors (Lipinski definition) is 2. The number of amides is 2. The Kier molecular flexibility index (Phi) is 8.61. The van der Waals surface area contributed by atoms with Gasteiger partial charge in [-0.1, -0.05) is 29.4 Å². The van der Waals surface area contributed by atoms with Crippen LogP contribution in [-0.2, 0) is 19.1 Å². The lowest BCUT2D eigenvalue weighted by molar-refractivity contribution is -0.150. The minimum Gasteiger partial charge on any atom is -0.496 e. The van der Waals surface area contributed by atoms with Crippen molar-refractivity contribution >= 4 is 62.8 Å². The lowest BCUT2D eigenvalue weighted by atomic mass is 9.78. The molecule has 0 spiro atoms. The van der Waals surface area contributed by atoms with Gasteiger partial charge in [0.25, 0.3) is 0 Å². The zero-order valence-corrected chi connectivity index (χ0v) is 21.2. The standard InChI is InChI=1S/C23H19BrClN3O5S/c1-32-17-8-3-12(9-16(17)24)19-15(10-26)22(28-21(30)20(19)23(31)33-2)34-11-18(29)27-14-6-4-13(25)5-7-14/h3-9,19-20H,11H2,1-2H3,(H,27,29)(H,28,30)/t19-,20+/m0/s1. The van der Waals surface area contributed by atoms with Crippen molar-refractivity contribution in [3.8, 4) is 11.8 Å². The monoisotopic (exact) mass is 563 g/mol. The predicted molar refractivity (Wildman–Crippen MR) is 132 cm³/mol. The highest BCUT2D eigenvalue weighted by atomic mass is 79.9. The second-order valence-electron chi connectivity index (χ2n) is 7.06. The lowest BCUT2D eigenvalue weighted by Gasteiger charge is -2.31. The number of carbonyl (C=O) groups excluding carboxylic acids is 3. The molecule has 0 aromatic heterocycles. The number of thioether (sulfide) groups is 1. The average molecular weight is 565 g/mol. The first kappa shape index (κ1) is 25.6. The Labute approximate surface area is 213 Å². The quantitative estimate of drug-likeness (QED) is 0.382. The number of rotatable bonds is 7. The van der Waals surface area contributed by atoms with E-state index in [1.807, 2.05) is 0 Å². The van der Waals surface area contributed by atoms with Crippen LogP contribution in [0, 0.1) is 17.2 Å². The van der Waals surface area contributed by atoms with Crippen LogP contribution in [0.1, 0.15) is 11.5 Å². The molecule has 0 saturated heterocycles. The van der Waals surface area contributed by atoms with E-state index >= 15 is 0 Å². The molecule has 2 amide bonds. The SMILES string of the molecule is COC(=O)[C@H]1C(=O)NC(SCC(=O)Nc2ccc(Cl)cc2)=C(C#N)[C@@H]1c1ccc(OC)c(Br)c1. The fraction of sp³-hybridized carbons (Fsp3) is 0.217. The van der Waals surface area contributed by atoms with Gasteiger partial charge in [0.2, 0.25) is 11.8 Å². The summed E-state index contributed by atoms with van der Waals surface area (Å²) in [5, 5.41) is 16.0. The summed E-state index contributed by atoms with van der Waals surface area (Å²) < 4.78 is 10.7. The first-order valence-corrected chi connectivity index (χ1v) is 12.0. The molecule has 0 fully saturated rings. The Hall–Kier alpha value is -3.00. The number of allylic oxidation sites excluding steroid dienone is 1. The Morgan fingerprint density at radius 2 is 1.94 bits per heavy atom. The number of ether oxygens (including phenoxy) is 2. The zero-order valence-electron chi connectivity index (χ0n) is 18.1. The molecule has 0 radical (unpaired) electrons. The van der Waals surface area contributed by atoms with Gasteiger partial charge in [0, 0.05) is 16.6 Å². The summed E-state index contributed by atoms with van der Waals surface area (Å²) in [4.78, 5) is 37.8. The number of hydrogen-bond acceptors (Lipinski definition) is 7. The van der Waals surface area contributed by atoms with Crippen molar-refractivity contribution in [1.29, 1.82) is 5.26 Å². The molecule has 0 bridgehead atoms. The van der Waals surface area contributed by atoms with Gasteiger partial charge < -0.3 is 20.1 Å². The third-order valence-electron chi connectivity index (χ3n) is 4.99. The van der Waals surface area contributed by atoms with Gasteiger partial charge in [-0.3, -0.25) is 14.4 Å². The summed E-state index contributed by atoms with van der Waals surface area (Å²) in [7, 11) is 2.69. The van der Waals surface area contributed by atoms with Crippen LogP contribution in [-0.4, -0.2) is 37.8 Å². The maximum atomic E-state index is 12.9. The predicted octanol–water partition coefficient (Wildman–Crippen LogP) is 4.22. The van der Waals surface area contributed by atoms with E-state index in [-0.39, 0.29) is 22.3 Å². The minimum absolute atomic E-state index is 0.0780. The van der Waals surface area contributed by atoms with E-state index in [1.165, 1.54) is 14.2 Å². The molecule has 8 nitrogen and oxygen atoms in total. The smallest absolute Gasteiger partial charge is 0.319 e. The van der Waals surface area contributed by atoms with Crippen LogP contribution < -0.4 is 15.4 Å². The largest absolute Gasteiger partial charge is 0.496 e. The highest BCUT2D eigenvalue weighted by molar-refractivity contribution is 9.10. The molecule has 176 valence electrons. The molecule has 11 heteroatoms. The molecule has 0 aliphatic carbocycles. The summed E-state index contributed by atoms with van der Waals surface area (Å²) in [5.74, 6) is -3.44. The molecule has 1 heterocycles. The second-order valence-corrected chi connectivity index (χ2v) is 9.34. The average Bonchev–Trinajstić information content (AvgIpc) is 2.83. The van der Waals surface area contributed by atoms with Crippen LogP contribution in [0.25, 0.3) is 0 Å². The molecule has 34 heavy (non-hydrogen) atoms. The minimum atomic E-state index is -1.27. The lowest BCUT2D eigenvalue weighted by Crippen LogP contribution is -2.44.